The molecule has 1 aromatic heterocycles. The number of methoxy groups -OCH3 is 1. The molecule has 9 heteroatoms. The first-order valence-corrected chi connectivity index (χ1v) is 9.28. The van der Waals surface area contributed by atoms with Crippen LogP contribution in [0.1, 0.15) is 0 Å². The minimum absolute atomic E-state index is 0.0480. The Kier molecular flexibility index (Phi) is 5.39. The van der Waals surface area contributed by atoms with Gasteiger partial charge >= 0.3 is 0 Å². The van der Waals surface area contributed by atoms with E-state index in [0.717, 1.165) is 0 Å². The van der Waals surface area contributed by atoms with Crippen LogP contribution >= 0.6 is 0 Å². The van der Waals surface area contributed by atoms with Gasteiger partial charge in [-0.1, -0.05) is 24.3 Å². The van der Waals surface area contributed by atoms with Gasteiger partial charge in [-0.2, -0.15) is 5.11 Å². The van der Waals surface area contributed by atoms with Gasteiger partial charge in [0, 0.05) is 23.8 Å². The Morgan fingerprint density at radius 3 is 2.39 bits per heavy atom. The van der Waals surface area contributed by atoms with Crippen molar-refractivity contribution >= 4 is 17.1 Å². The highest BCUT2D eigenvalue weighted by atomic mass is 16.6. The largest absolute Gasteiger partial charge is 0.497 e. The number of benzene rings is 3. The van der Waals surface area contributed by atoms with Gasteiger partial charge in [0.1, 0.15) is 5.75 Å². The van der Waals surface area contributed by atoms with Crippen LogP contribution in [0.25, 0.3) is 16.9 Å². The topological polar surface area (TPSA) is 115 Å². The highest BCUT2D eigenvalue weighted by Crippen LogP contribution is 2.30. The molecule has 0 unspecified atom stereocenters. The number of para-hydroxylation sites is 1. The van der Waals surface area contributed by atoms with E-state index in [1.807, 2.05) is 18.2 Å². The summed E-state index contributed by atoms with van der Waals surface area (Å²) in [7, 11) is 1.55. The van der Waals surface area contributed by atoms with E-state index >= 15 is 0 Å². The third-order valence-electron chi connectivity index (χ3n) is 4.57. The average Bonchev–Trinajstić information content (AvgIpc) is 3.14. The van der Waals surface area contributed by atoms with E-state index in [9.17, 15) is 14.9 Å². The van der Waals surface area contributed by atoms with E-state index in [4.69, 9.17) is 4.74 Å². The fraction of sp³-hybridized carbons (Fsp3) is 0.0455. The maximum Gasteiger partial charge on any atom is 0.299 e. The first-order valence-electron chi connectivity index (χ1n) is 9.28. The normalized spacial score (nSPS) is 11.0. The third-order valence-corrected chi connectivity index (χ3v) is 4.57. The van der Waals surface area contributed by atoms with Crippen molar-refractivity contribution in [2.24, 2.45) is 10.2 Å². The second kappa shape index (κ2) is 8.46. The molecule has 9 nitrogen and oxygen atoms in total. The van der Waals surface area contributed by atoms with Crippen molar-refractivity contribution < 1.29 is 9.66 Å². The molecule has 1 heterocycles. The van der Waals surface area contributed by atoms with Gasteiger partial charge in [0.05, 0.1) is 29.1 Å². The van der Waals surface area contributed by atoms with Crippen molar-refractivity contribution in [1.82, 2.24) is 9.78 Å². The quantitative estimate of drug-likeness (QED) is 0.266. The molecule has 0 saturated carbocycles. The zero-order chi connectivity index (χ0) is 21.8. The number of non-ortho nitro benzene ring substituents is 1. The molecule has 4 rings (SSSR count). The van der Waals surface area contributed by atoms with Crippen LogP contribution < -0.4 is 10.3 Å². The number of aromatic nitrogens is 2. The molecule has 4 aromatic rings. The molecule has 0 atom stereocenters. The lowest BCUT2D eigenvalue weighted by atomic mass is 10.1. The minimum Gasteiger partial charge on any atom is -0.497 e. The van der Waals surface area contributed by atoms with E-state index in [2.05, 4.69) is 15.3 Å². The molecule has 0 aliphatic carbocycles. The van der Waals surface area contributed by atoms with Crippen molar-refractivity contribution in [2.45, 2.75) is 0 Å². The lowest BCUT2D eigenvalue weighted by Crippen LogP contribution is -2.13. The summed E-state index contributed by atoms with van der Waals surface area (Å²) in [6.07, 6.45) is 0. The van der Waals surface area contributed by atoms with Crippen LogP contribution in [-0.4, -0.2) is 21.8 Å². The zero-order valence-corrected chi connectivity index (χ0v) is 16.4. The van der Waals surface area contributed by atoms with Crippen LogP contribution in [0.3, 0.4) is 0 Å². The van der Waals surface area contributed by atoms with Gasteiger partial charge in [0.15, 0.2) is 5.69 Å². The van der Waals surface area contributed by atoms with Crippen molar-refractivity contribution in [1.29, 1.82) is 0 Å². The summed E-state index contributed by atoms with van der Waals surface area (Å²) in [4.78, 5) is 23.6. The summed E-state index contributed by atoms with van der Waals surface area (Å²) in [5.74, 6) is 0.614. The lowest BCUT2D eigenvalue weighted by Gasteiger charge is -2.01. The van der Waals surface area contributed by atoms with E-state index in [1.165, 1.54) is 16.8 Å². The second-order valence-electron chi connectivity index (χ2n) is 6.52. The van der Waals surface area contributed by atoms with Crippen LogP contribution in [0.4, 0.5) is 17.1 Å². The molecular formula is C22H17N5O4. The zero-order valence-electron chi connectivity index (χ0n) is 16.4. The number of hydrogen-bond donors (Lipinski definition) is 1. The summed E-state index contributed by atoms with van der Waals surface area (Å²) >= 11 is 0. The Morgan fingerprint density at radius 2 is 1.71 bits per heavy atom. The van der Waals surface area contributed by atoms with Crippen molar-refractivity contribution in [3.63, 3.8) is 0 Å². The van der Waals surface area contributed by atoms with Gasteiger partial charge in [0.2, 0.25) is 0 Å². The Bertz CT molecular complexity index is 1310. The van der Waals surface area contributed by atoms with E-state index in [1.54, 1.807) is 55.6 Å². The molecule has 31 heavy (non-hydrogen) atoms. The number of ether oxygens (including phenoxy) is 1. The maximum absolute atomic E-state index is 13.1. The molecule has 0 bridgehead atoms. The Balaban J connectivity index is 1.83. The summed E-state index contributed by atoms with van der Waals surface area (Å²) in [5.41, 5.74) is 1.74. The molecule has 3 aromatic carbocycles. The Morgan fingerprint density at radius 1 is 0.968 bits per heavy atom. The minimum atomic E-state index is -0.481. The summed E-state index contributed by atoms with van der Waals surface area (Å²) in [6, 6.07) is 21.9. The van der Waals surface area contributed by atoms with Gasteiger partial charge in [-0.15, -0.1) is 5.11 Å². The van der Waals surface area contributed by atoms with Crippen LogP contribution in [0.15, 0.2) is 93.9 Å². The highest BCUT2D eigenvalue weighted by molar-refractivity contribution is 5.72. The third kappa shape index (κ3) is 4.10. The first-order chi connectivity index (χ1) is 15.1. The van der Waals surface area contributed by atoms with E-state index in [0.29, 0.717) is 28.4 Å². The number of hydrogen-bond acceptors (Lipinski definition) is 6. The van der Waals surface area contributed by atoms with Crippen LogP contribution in [0.5, 0.6) is 5.75 Å². The second-order valence-corrected chi connectivity index (χ2v) is 6.52. The summed E-state index contributed by atoms with van der Waals surface area (Å²) < 4.78 is 6.55. The SMILES string of the molecule is COc1cccc(N=Nc2c(-c3ccc([N+](=O)[O-])cc3)[nH]n(-c3ccccc3)c2=O)c1. The predicted octanol–water partition coefficient (Wildman–Crippen LogP) is 5.16. The molecule has 0 saturated heterocycles. The standard InChI is InChI=1S/C22H17N5O4/c1-31-19-9-5-6-16(14-19)23-24-21-20(15-10-12-18(13-11-15)27(29)30)25-26(22(21)28)17-7-3-2-4-8-17/h2-14,25H,1H3. The van der Waals surface area contributed by atoms with Crippen LogP contribution in [-0.2, 0) is 0 Å². The fourth-order valence-corrected chi connectivity index (χ4v) is 3.01. The number of azo groups is 1. The van der Waals surface area contributed by atoms with E-state index < -0.39 is 10.5 Å². The maximum atomic E-state index is 13.1. The summed E-state index contributed by atoms with van der Waals surface area (Å²) in [6.45, 7) is 0. The van der Waals surface area contributed by atoms with Crippen molar-refractivity contribution in [3.8, 4) is 22.7 Å². The summed E-state index contributed by atoms with van der Waals surface area (Å²) in [5, 5.41) is 22.4. The molecule has 0 radical (unpaired) electrons. The fourth-order valence-electron chi connectivity index (χ4n) is 3.01. The smallest absolute Gasteiger partial charge is 0.299 e. The van der Waals surface area contributed by atoms with Gasteiger partial charge in [-0.05, 0) is 36.4 Å². The van der Waals surface area contributed by atoms with E-state index in [-0.39, 0.29) is 11.4 Å². The first kappa shape index (κ1) is 19.8. The number of aromatic amines is 1. The number of nitro benzene ring substituents is 1. The number of H-pyrrole nitrogens is 1. The predicted molar refractivity (Wildman–Crippen MR) is 116 cm³/mol. The van der Waals surface area contributed by atoms with Crippen molar-refractivity contribution in [2.75, 3.05) is 7.11 Å². The number of nitrogens with zero attached hydrogens (tertiary/aromatic N) is 4. The molecule has 0 aliphatic rings. The lowest BCUT2D eigenvalue weighted by molar-refractivity contribution is -0.384. The van der Waals surface area contributed by atoms with Gasteiger partial charge in [-0.25, -0.2) is 4.68 Å². The molecule has 1 N–H and O–H groups in total. The van der Waals surface area contributed by atoms with Gasteiger partial charge in [0.25, 0.3) is 11.2 Å². The Labute approximate surface area is 176 Å². The van der Waals surface area contributed by atoms with Crippen LogP contribution in [0, 0.1) is 10.1 Å². The van der Waals surface area contributed by atoms with Crippen LogP contribution in [0.2, 0.25) is 0 Å². The molecule has 0 spiro atoms. The molecule has 0 fully saturated rings. The highest BCUT2D eigenvalue weighted by Gasteiger charge is 2.18. The van der Waals surface area contributed by atoms with Crippen molar-refractivity contribution in [3.05, 3.63) is 99.3 Å². The Hall–Kier alpha value is -4.53. The van der Waals surface area contributed by atoms with Gasteiger partial charge < -0.3 is 4.74 Å². The molecule has 154 valence electrons. The number of rotatable bonds is 6. The van der Waals surface area contributed by atoms with Gasteiger partial charge in [-0.3, -0.25) is 20.0 Å². The molecular weight excluding hydrogens is 398 g/mol. The number of nitrogens with one attached hydrogen (secondary N) is 1. The number of nitro groups is 1. The molecule has 0 amide bonds. The molecule has 0 aliphatic heterocycles. The average molecular weight is 415 g/mol. The monoisotopic (exact) mass is 415 g/mol.